The van der Waals surface area contributed by atoms with Gasteiger partial charge < -0.3 is 9.84 Å². The first-order valence-electron chi connectivity index (χ1n) is 3.41. The first kappa shape index (κ1) is 11.6. The zero-order valence-corrected chi connectivity index (χ0v) is 6.27. The van der Waals surface area contributed by atoms with Crippen LogP contribution in [0.4, 0.5) is 17.6 Å². The van der Waals surface area contributed by atoms with Crippen LogP contribution in [0.3, 0.4) is 0 Å². The van der Waals surface area contributed by atoms with Crippen LogP contribution in [-0.4, -0.2) is 30.9 Å². The van der Waals surface area contributed by atoms with Gasteiger partial charge in [-0.2, -0.15) is 8.78 Å². The van der Waals surface area contributed by atoms with Crippen molar-refractivity contribution in [3.63, 3.8) is 0 Å². The molecule has 0 fully saturated rings. The highest BCUT2D eigenvalue weighted by atomic mass is 19.3. The summed E-state index contributed by atoms with van der Waals surface area (Å²) in [6, 6.07) is 0. The molecule has 0 heterocycles. The summed E-state index contributed by atoms with van der Waals surface area (Å²) >= 11 is 0. The van der Waals surface area contributed by atoms with E-state index in [0.717, 1.165) is 0 Å². The molecular formula is C6H10F4O2. The van der Waals surface area contributed by atoms with Crippen molar-refractivity contribution >= 4 is 0 Å². The Morgan fingerprint density at radius 1 is 1.25 bits per heavy atom. The number of unbranched alkanes of at least 4 members (excludes halogenated alkanes) is 1. The Morgan fingerprint density at radius 2 is 1.83 bits per heavy atom. The van der Waals surface area contributed by atoms with E-state index in [0.29, 0.717) is 0 Å². The van der Waals surface area contributed by atoms with Gasteiger partial charge in [0.05, 0.1) is 6.61 Å². The van der Waals surface area contributed by atoms with Crippen molar-refractivity contribution in [2.24, 2.45) is 0 Å². The fourth-order valence-corrected chi connectivity index (χ4v) is 0.485. The normalized spacial score (nSPS) is 12.5. The van der Waals surface area contributed by atoms with E-state index in [1.54, 1.807) is 0 Å². The van der Waals surface area contributed by atoms with E-state index in [-0.39, 0.29) is 19.4 Å². The fourth-order valence-electron chi connectivity index (χ4n) is 0.485. The molecule has 0 aromatic carbocycles. The second kappa shape index (κ2) is 5.31. The molecule has 0 aliphatic rings. The van der Waals surface area contributed by atoms with Gasteiger partial charge in [0.15, 0.2) is 0 Å². The summed E-state index contributed by atoms with van der Waals surface area (Å²) in [5.74, 6) is 0. The highest BCUT2D eigenvalue weighted by Gasteiger charge is 2.41. The van der Waals surface area contributed by atoms with E-state index in [9.17, 15) is 17.6 Å². The minimum Gasteiger partial charge on any atom is -0.396 e. The first-order valence-corrected chi connectivity index (χ1v) is 3.41. The van der Waals surface area contributed by atoms with Gasteiger partial charge in [-0.1, -0.05) is 0 Å². The van der Waals surface area contributed by atoms with Gasteiger partial charge in [0.25, 0.3) is 0 Å². The predicted octanol–water partition coefficient (Wildman–Crippen LogP) is 1.63. The number of aliphatic hydroxyl groups excluding tert-OH is 1. The fraction of sp³-hybridized carbons (Fsp3) is 1.00. The van der Waals surface area contributed by atoms with Crippen LogP contribution in [0.15, 0.2) is 0 Å². The molecule has 0 radical (unpaired) electrons. The van der Waals surface area contributed by atoms with Gasteiger partial charge in [-0.3, -0.25) is 0 Å². The largest absolute Gasteiger partial charge is 0.416 e. The molecule has 12 heavy (non-hydrogen) atoms. The topological polar surface area (TPSA) is 29.5 Å². The van der Waals surface area contributed by atoms with E-state index < -0.39 is 19.1 Å². The van der Waals surface area contributed by atoms with Gasteiger partial charge in [-0.05, 0) is 12.8 Å². The predicted molar refractivity (Wildman–Crippen MR) is 33.2 cm³/mol. The van der Waals surface area contributed by atoms with Gasteiger partial charge in [0.2, 0.25) is 0 Å². The van der Waals surface area contributed by atoms with Crippen molar-refractivity contribution in [2.45, 2.75) is 25.4 Å². The second-order valence-corrected chi connectivity index (χ2v) is 2.14. The summed E-state index contributed by atoms with van der Waals surface area (Å²) in [4.78, 5) is 0. The lowest BCUT2D eigenvalue weighted by Gasteiger charge is -2.14. The summed E-state index contributed by atoms with van der Waals surface area (Å²) in [5.41, 5.74) is 0. The van der Waals surface area contributed by atoms with Crippen LogP contribution in [0.2, 0.25) is 0 Å². The summed E-state index contributed by atoms with van der Waals surface area (Å²) in [6.45, 7) is -0.637. The Labute approximate surface area is 67.1 Å². The molecular weight excluding hydrogens is 180 g/mol. The third-order valence-corrected chi connectivity index (χ3v) is 1.10. The Kier molecular flexibility index (Phi) is 5.16. The molecule has 0 saturated carbocycles. The van der Waals surface area contributed by atoms with E-state index >= 15 is 0 Å². The molecule has 0 saturated heterocycles. The van der Waals surface area contributed by atoms with Crippen molar-refractivity contribution in [2.75, 3.05) is 13.2 Å². The van der Waals surface area contributed by atoms with Crippen molar-refractivity contribution in [1.82, 2.24) is 0 Å². The molecule has 2 nitrogen and oxygen atoms in total. The minimum atomic E-state index is -4.37. The number of halogens is 4. The molecule has 0 amide bonds. The van der Waals surface area contributed by atoms with E-state index in [1.807, 2.05) is 0 Å². The van der Waals surface area contributed by atoms with Crippen molar-refractivity contribution in [3.05, 3.63) is 0 Å². The third kappa shape index (κ3) is 4.50. The smallest absolute Gasteiger partial charge is 0.396 e. The summed E-state index contributed by atoms with van der Waals surface area (Å²) in [5, 5.41) is 8.21. The third-order valence-electron chi connectivity index (χ3n) is 1.10. The lowest BCUT2D eigenvalue weighted by atomic mass is 10.3. The van der Waals surface area contributed by atoms with Crippen molar-refractivity contribution < 1.29 is 27.4 Å². The molecule has 0 aromatic heterocycles. The summed E-state index contributed by atoms with van der Waals surface area (Å²) in [6.07, 6.45) is -7.76. The second-order valence-electron chi connectivity index (χ2n) is 2.14. The summed E-state index contributed by atoms with van der Waals surface area (Å²) in [7, 11) is 0. The highest BCUT2D eigenvalue weighted by molar-refractivity contribution is 4.54. The minimum absolute atomic E-state index is 0.138. The molecule has 0 unspecified atom stereocenters. The van der Waals surface area contributed by atoms with Crippen LogP contribution in [0.1, 0.15) is 12.8 Å². The average Bonchev–Trinajstić information content (AvgIpc) is 1.98. The van der Waals surface area contributed by atoms with Crippen LogP contribution < -0.4 is 0 Å². The van der Waals surface area contributed by atoms with Crippen molar-refractivity contribution in [1.29, 1.82) is 0 Å². The quantitative estimate of drug-likeness (QED) is 0.509. The lowest BCUT2D eigenvalue weighted by molar-refractivity contribution is -0.300. The highest BCUT2D eigenvalue weighted by Crippen LogP contribution is 2.24. The zero-order chi connectivity index (χ0) is 9.61. The summed E-state index contributed by atoms with van der Waals surface area (Å²) < 4.78 is 50.3. The number of aliphatic hydroxyl groups is 1. The van der Waals surface area contributed by atoms with E-state index in [4.69, 9.17) is 5.11 Å². The van der Waals surface area contributed by atoms with Crippen LogP contribution in [0, 0.1) is 0 Å². The van der Waals surface area contributed by atoms with Gasteiger partial charge >= 0.3 is 12.5 Å². The standard InChI is InChI=1S/C6H10F4O2/c7-5(8)6(9,10)12-4-2-1-3-11/h5,11H,1-4H2. The monoisotopic (exact) mass is 190 g/mol. The van der Waals surface area contributed by atoms with Gasteiger partial charge in [-0.25, -0.2) is 8.78 Å². The van der Waals surface area contributed by atoms with Crippen LogP contribution in [0.5, 0.6) is 0 Å². The number of rotatable bonds is 6. The number of hydrogen-bond acceptors (Lipinski definition) is 2. The Hall–Kier alpha value is -0.360. The molecule has 0 bridgehead atoms. The van der Waals surface area contributed by atoms with Crippen molar-refractivity contribution in [3.8, 4) is 0 Å². The van der Waals surface area contributed by atoms with Gasteiger partial charge in [0.1, 0.15) is 0 Å². The van der Waals surface area contributed by atoms with E-state index in [2.05, 4.69) is 4.74 Å². The van der Waals surface area contributed by atoms with Crippen LogP contribution >= 0.6 is 0 Å². The number of ether oxygens (including phenoxy) is 1. The molecule has 0 spiro atoms. The molecule has 1 N–H and O–H groups in total. The molecule has 0 aliphatic heterocycles. The molecule has 0 rings (SSSR count). The maximum Gasteiger partial charge on any atom is 0.416 e. The molecule has 0 aromatic rings. The lowest BCUT2D eigenvalue weighted by Crippen LogP contribution is -2.30. The Balaban J connectivity index is 3.47. The molecule has 6 heteroatoms. The SMILES string of the molecule is OCCCCOC(F)(F)C(F)F. The van der Waals surface area contributed by atoms with Crippen LogP contribution in [-0.2, 0) is 4.74 Å². The zero-order valence-electron chi connectivity index (χ0n) is 6.27. The Bertz CT molecular complexity index is 118. The first-order chi connectivity index (χ1) is 5.50. The number of hydrogen-bond donors (Lipinski definition) is 1. The molecule has 74 valence electrons. The average molecular weight is 190 g/mol. The van der Waals surface area contributed by atoms with E-state index in [1.165, 1.54) is 0 Å². The maximum atomic E-state index is 11.9. The van der Waals surface area contributed by atoms with Gasteiger partial charge in [0, 0.05) is 6.61 Å². The molecule has 0 atom stereocenters. The van der Waals surface area contributed by atoms with Crippen LogP contribution in [0.25, 0.3) is 0 Å². The maximum absolute atomic E-state index is 11.9. The molecule has 0 aliphatic carbocycles. The number of alkyl halides is 4. The van der Waals surface area contributed by atoms with Gasteiger partial charge in [-0.15, -0.1) is 0 Å². The Morgan fingerprint density at radius 3 is 2.25 bits per heavy atom.